The van der Waals surface area contributed by atoms with Crippen LogP contribution in [0, 0.1) is 5.82 Å². The third-order valence-electron chi connectivity index (χ3n) is 5.64. The fraction of sp³-hybridized carbons (Fsp3) is 0.200. The van der Waals surface area contributed by atoms with E-state index in [2.05, 4.69) is 15.4 Å². The molecular formula is C25H25FN4O2. The van der Waals surface area contributed by atoms with Crippen molar-refractivity contribution in [1.82, 2.24) is 0 Å². The minimum absolute atomic E-state index is 0.131. The zero-order chi connectivity index (χ0) is 22.5. The lowest BCUT2D eigenvalue weighted by Gasteiger charge is -2.29. The quantitative estimate of drug-likeness (QED) is 0.233. The molecule has 0 aromatic heterocycles. The third kappa shape index (κ3) is 4.72. The van der Waals surface area contributed by atoms with Crippen LogP contribution in [0.2, 0.25) is 0 Å². The molecule has 1 saturated heterocycles. The summed E-state index contributed by atoms with van der Waals surface area (Å²) in [5.74, 6) is -0.802. The van der Waals surface area contributed by atoms with Crippen LogP contribution in [-0.2, 0) is 0 Å². The van der Waals surface area contributed by atoms with E-state index in [1.807, 2.05) is 18.2 Å². The molecule has 0 bridgehead atoms. The van der Waals surface area contributed by atoms with E-state index in [9.17, 15) is 9.18 Å². The number of rotatable bonds is 5. The zero-order valence-electron chi connectivity index (χ0n) is 17.6. The van der Waals surface area contributed by atoms with Gasteiger partial charge < -0.3 is 21.2 Å². The first-order chi connectivity index (χ1) is 15.5. The van der Waals surface area contributed by atoms with Crippen LogP contribution in [-0.4, -0.2) is 30.0 Å². The molecule has 0 spiro atoms. The lowest BCUT2D eigenvalue weighted by molar-refractivity contribution is 0.102. The first-order valence-corrected chi connectivity index (χ1v) is 10.6. The first-order valence-electron chi connectivity index (χ1n) is 10.6. The largest absolute Gasteiger partial charge is 0.409 e. The molecule has 1 heterocycles. The minimum Gasteiger partial charge on any atom is -0.409 e. The number of benzene rings is 3. The van der Waals surface area contributed by atoms with E-state index in [1.165, 1.54) is 18.6 Å². The van der Waals surface area contributed by atoms with Gasteiger partial charge in [-0.25, -0.2) is 4.39 Å². The third-order valence-corrected chi connectivity index (χ3v) is 5.64. The van der Waals surface area contributed by atoms with Gasteiger partial charge in [-0.05, 0) is 72.9 Å². The molecule has 0 saturated carbocycles. The molecule has 164 valence electrons. The van der Waals surface area contributed by atoms with Gasteiger partial charge in [0.2, 0.25) is 0 Å². The van der Waals surface area contributed by atoms with E-state index < -0.39 is 0 Å². The number of piperidine rings is 1. The molecule has 7 heteroatoms. The lowest BCUT2D eigenvalue weighted by atomic mass is 10.0. The van der Waals surface area contributed by atoms with E-state index >= 15 is 0 Å². The highest BCUT2D eigenvalue weighted by atomic mass is 19.1. The van der Waals surface area contributed by atoms with E-state index in [-0.39, 0.29) is 17.6 Å². The topological polar surface area (TPSA) is 91.0 Å². The highest BCUT2D eigenvalue weighted by Gasteiger charge is 2.16. The van der Waals surface area contributed by atoms with Crippen molar-refractivity contribution in [2.45, 2.75) is 19.3 Å². The van der Waals surface area contributed by atoms with Crippen molar-refractivity contribution in [2.24, 2.45) is 10.9 Å². The van der Waals surface area contributed by atoms with Crippen molar-refractivity contribution >= 4 is 23.1 Å². The van der Waals surface area contributed by atoms with Crippen LogP contribution in [0.4, 0.5) is 15.8 Å². The van der Waals surface area contributed by atoms with Crippen LogP contribution in [0.1, 0.15) is 35.2 Å². The molecule has 1 amide bonds. The van der Waals surface area contributed by atoms with Gasteiger partial charge in [-0.3, -0.25) is 4.79 Å². The van der Waals surface area contributed by atoms with Crippen LogP contribution in [0.15, 0.2) is 71.9 Å². The van der Waals surface area contributed by atoms with Gasteiger partial charge in [0.1, 0.15) is 5.82 Å². The van der Waals surface area contributed by atoms with Gasteiger partial charge in [-0.15, -0.1) is 0 Å². The van der Waals surface area contributed by atoms with Gasteiger partial charge in [0.25, 0.3) is 5.91 Å². The predicted octanol–water partition coefficient (Wildman–Crippen LogP) is 4.83. The highest BCUT2D eigenvalue weighted by Crippen LogP contribution is 2.27. The molecule has 1 fully saturated rings. The van der Waals surface area contributed by atoms with Crippen molar-refractivity contribution in [3.63, 3.8) is 0 Å². The van der Waals surface area contributed by atoms with Gasteiger partial charge in [0, 0.05) is 29.9 Å². The van der Waals surface area contributed by atoms with E-state index in [0.29, 0.717) is 27.9 Å². The Bertz CT molecular complexity index is 1160. The Morgan fingerprint density at radius 2 is 1.72 bits per heavy atom. The van der Waals surface area contributed by atoms with Crippen molar-refractivity contribution in [3.05, 3.63) is 83.7 Å². The van der Waals surface area contributed by atoms with Gasteiger partial charge in [-0.1, -0.05) is 29.4 Å². The number of amides is 1. The number of hydrogen-bond acceptors (Lipinski definition) is 4. The molecule has 1 aliphatic heterocycles. The number of nitrogens with two attached hydrogens (primary N) is 1. The molecule has 0 aliphatic carbocycles. The number of nitrogens with one attached hydrogen (secondary N) is 1. The fourth-order valence-electron chi connectivity index (χ4n) is 3.96. The molecule has 0 radical (unpaired) electrons. The minimum atomic E-state index is -0.358. The fourth-order valence-corrected chi connectivity index (χ4v) is 3.96. The standard InChI is InChI=1S/C25H25FN4O2/c26-20-8-4-6-17(14-20)18-10-11-22(24(27)29-32)23(16-18)28-25(31)19-7-5-9-21(15-19)30-12-2-1-3-13-30/h4-11,14-16,32H,1-3,12-13H2,(H2,27,29)(H,28,31). The second-order valence-corrected chi connectivity index (χ2v) is 7.81. The number of nitrogens with zero attached hydrogens (tertiary/aromatic N) is 2. The maximum Gasteiger partial charge on any atom is 0.255 e. The molecule has 0 atom stereocenters. The van der Waals surface area contributed by atoms with Crippen LogP contribution >= 0.6 is 0 Å². The molecule has 1 aliphatic rings. The average molecular weight is 432 g/mol. The number of oxime groups is 1. The van der Waals surface area contributed by atoms with Crippen LogP contribution < -0.4 is 16.0 Å². The van der Waals surface area contributed by atoms with Crippen molar-refractivity contribution < 1.29 is 14.4 Å². The zero-order valence-corrected chi connectivity index (χ0v) is 17.6. The first kappa shape index (κ1) is 21.4. The summed E-state index contributed by atoms with van der Waals surface area (Å²) in [6.07, 6.45) is 3.52. The Morgan fingerprint density at radius 1 is 0.969 bits per heavy atom. The summed E-state index contributed by atoms with van der Waals surface area (Å²) in [6, 6.07) is 18.7. The maximum absolute atomic E-state index is 13.7. The summed E-state index contributed by atoms with van der Waals surface area (Å²) < 4.78 is 13.7. The van der Waals surface area contributed by atoms with Gasteiger partial charge in [-0.2, -0.15) is 0 Å². The molecule has 0 unspecified atom stereocenters. The SMILES string of the molecule is N/C(=N\O)c1ccc(-c2cccc(F)c2)cc1NC(=O)c1cccc(N2CCCCC2)c1. The second kappa shape index (κ2) is 9.51. The van der Waals surface area contributed by atoms with Crippen LogP contribution in [0.25, 0.3) is 11.1 Å². The number of hydrogen-bond donors (Lipinski definition) is 3. The normalized spacial score (nSPS) is 14.3. The molecule has 4 rings (SSSR count). The Morgan fingerprint density at radius 3 is 2.47 bits per heavy atom. The lowest BCUT2D eigenvalue weighted by Crippen LogP contribution is -2.29. The number of halogens is 1. The molecule has 6 nitrogen and oxygen atoms in total. The van der Waals surface area contributed by atoms with E-state index in [4.69, 9.17) is 10.9 Å². The van der Waals surface area contributed by atoms with Crippen molar-refractivity contribution in [3.8, 4) is 11.1 Å². The molecular weight excluding hydrogens is 407 g/mol. The number of amidine groups is 1. The van der Waals surface area contributed by atoms with Crippen molar-refractivity contribution in [1.29, 1.82) is 0 Å². The molecule has 3 aromatic carbocycles. The monoisotopic (exact) mass is 432 g/mol. The van der Waals surface area contributed by atoms with Gasteiger partial charge in [0.15, 0.2) is 5.84 Å². The molecule has 3 aromatic rings. The highest BCUT2D eigenvalue weighted by molar-refractivity contribution is 6.10. The predicted molar refractivity (Wildman–Crippen MR) is 125 cm³/mol. The van der Waals surface area contributed by atoms with E-state index in [1.54, 1.807) is 36.4 Å². The summed E-state index contributed by atoms with van der Waals surface area (Å²) in [5, 5.41) is 15.1. The van der Waals surface area contributed by atoms with E-state index in [0.717, 1.165) is 31.6 Å². The van der Waals surface area contributed by atoms with Gasteiger partial charge in [0.05, 0.1) is 5.69 Å². The second-order valence-electron chi connectivity index (χ2n) is 7.81. The summed E-state index contributed by atoms with van der Waals surface area (Å²) in [6.45, 7) is 1.96. The summed E-state index contributed by atoms with van der Waals surface area (Å²) in [5.41, 5.74) is 9.43. The van der Waals surface area contributed by atoms with Crippen LogP contribution in [0.5, 0.6) is 0 Å². The Hall–Kier alpha value is -3.87. The Balaban J connectivity index is 1.65. The molecule has 32 heavy (non-hydrogen) atoms. The Kier molecular flexibility index (Phi) is 6.35. The number of carbonyl (C=O) groups is 1. The smallest absolute Gasteiger partial charge is 0.255 e. The maximum atomic E-state index is 13.7. The number of anilines is 2. The average Bonchev–Trinajstić information content (AvgIpc) is 2.84. The van der Waals surface area contributed by atoms with Crippen molar-refractivity contribution in [2.75, 3.05) is 23.3 Å². The molecule has 4 N–H and O–H groups in total. The number of carbonyl (C=O) groups excluding carboxylic acids is 1. The summed E-state index contributed by atoms with van der Waals surface area (Å²) >= 11 is 0. The summed E-state index contributed by atoms with van der Waals surface area (Å²) in [4.78, 5) is 15.4. The summed E-state index contributed by atoms with van der Waals surface area (Å²) in [7, 11) is 0. The Labute approximate surface area is 186 Å². The van der Waals surface area contributed by atoms with Gasteiger partial charge >= 0.3 is 0 Å². The van der Waals surface area contributed by atoms with Crippen LogP contribution in [0.3, 0.4) is 0 Å².